The van der Waals surface area contributed by atoms with Crippen LogP contribution in [0.5, 0.6) is 0 Å². The van der Waals surface area contributed by atoms with Crippen LogP contribution in [0.3, 0.4) is 0 Å². The van der Waals surface area contributed by atoms with Gasteiger partial charge in [-0.15, -0.1) is 0 Å². The van der Waals surface area contributed by atoms with Crippen molar-refractivity contribution in [1.29, 1.82) is 0 Å². The van der Waals surface area contributed by atoms with Crippen LogP contribution in [0.1, 0.15) is 13.7 Å². The Hall–Kier alpha value is -6.85. The van der Waals surface area contributed by atoms with Gasteiger partial charge in [0.25, 0.3) is 0 Å². The Morgan fingerprint density at radius 2 is 1.08 bits per heavy atom. The van der Waals surface area contributed by atoms with Crippen LogP contribution < -0.4 is 0 Å². The second-order valence-corrected chi connectivity index (χ2v) is 11.7. The molecular weight excluding hydrogens is 613 g/mol. The zero-order chi connectivity index (χ0) is 41.7. The third-order valence-corrected chi connectivity index (χ3v) is 8.84. The summed E-state index contributed by atoms with van der Waals surface area (Å²) in [6, 6.07) is 30.0. The summed E-state index contributed by atoms with van der Waals surface area (Å²) >= 11 is 0. The molecule has 0 spiro atoms. The van der Waals surface area contributed by atoms with E-state index in [0.29, 0.717) is 27.5 Å². The smallest absolute Gasteiger partial charge is 0.164 e. The lowest BCUT2D eigenvalue weighted by atomic mass is 9.99. The summed E-state index contributed by atoms with van der Waals surface area (Å²) in [6.45, 7) is 0. The predicted molar refractivity (Wildman–Crippen MR) is 203 cm³/mol. The van der Waals surface area contributed by atoms with Gasteiger partial charge in [0.05, 0.1) is 24.7 Å². The highest BCUT2D eigenvalue weighted by Gasteiger charge is 2.19. The number of benzene rings is 7. The molecule has 0 unspecified atom stereocenters. The van der Waals surface area contributed by atoms with Gasteiger partial charge in [0.2, 0.25) is 0 Å². The van der Waals surface area contributed by atoms with Gasteiger partial charge >= 0.3 is 0 Å². The van der Waals surface area contributed by atoms with E-state index >= 15 is 0 Å². The first-order chi connectivity index (χ1) is 28.9. The van der Waals surface area contributed by atoms with Gasteiger partial charge < -0.3 is 8.98 Å². The highest BCUT2D eigenvalue weighted by atomic mass is 16.3. The van der Waals surface area contributed by atoms with E-state index < -0.39 is 60.4 Å². The number of hydrogen-bond acceptors (Lipinski definition) is 4. The van der Waals surface area contributed by atoms with Crippen molar-refractivity contribution in [1.82, 2.24) is 19.5 Å². The first-order valence-electron chi connectivity index (χ1n) is 20.9. The molecular formula is C45H28N4O. The predicted octanol–water partition coefficient (Wildman–Crippen LogP) is 11.5. The summed E-state index contributed by atoms with van der Waals surface area (Å²) in [5.41, 5.74) is 5.83. The number of aromatic nitrogens is 4. The average Bonchev–Trinajstić information content (AvgIpc) is 3.82. The lowest BCUT2D eigenvalue weighted by Crippen LogP contribution is -2.00. The molecule has 234 valence electrons. The van der Waals surface area contributed by atoms with Crippen LogP contribution in [0.2, 0.25) is 0 Å². The van der Waals surface area contributed by atoms with Gasteiger partial charge in [0, 0.05) is 43.9 Å². The van der Waals surface area contributed by atoms with Crippen molar-refractivity contribution >= 4 is 43.7 Å². The molecule has 0 fully saturated rings. The van der Waals surface area contributed by atoms with Gasteiger partial charge in [0.15, 0.2) is 17.5 Å². The number of rotatable bonds is 5. The van der Waals surface area contributed by atoms with E-state index in [9.17, 15) is 0 Å². The van der Waals surface area contributed by atoms with Crippen LogP contribution >= 0.6 is 0 Å². The Labute approximate surface area is 301 Å². The minimum absolute atomic E-state index is 0.0394. The van der Waals surface area contributed by atoms with Crippen LogP contribution in [-0.4, -0.2) is 19.5 Å². The Balaban J connectivity index is 1.21. The summed E-state index contributed by atoms with van der Waals surface area (Å²) in [7, 11) is 0. The number of fused-ring (bicyclic) bond motifs is 6. The Morgan fingerprint density at radius 3 is 1.82 bits per heavy atom. The zero-order valence-corrected chi connectivity index (χ0v) is 26.1. The molecule has 10 rings (SSSR count). The van der Waals surface area contributed by atoms with Crippen molar-refractivity contribution in [3.8, 4) is 51.0 Å². The summed E-state index contributed by atoms with van der Waals surface area (Å²) in [5.74, 6) is -0.720. The third kappa shape index (κ3) is 4.60. The van der Waals surface area contributed by atoms with Crippen LogP contribution in [0.25, 0.3) is 94.7 Å². The molecule has 0 aliphatic rings. The maximum atomic E-state index is 8.72. The minimum atomic E-state index is -0.615. The van der Waals surface area contributed by atoms with Gasteiger partial charge in [-0.2, -0.15) is 0 Å². The molecule has 0 N–H and O–H groups in total. The highest BCUT2D eigenvalue weighted by Crippen LogP contribution is 2.40. The lowest BCUT2D eigenvalue weighted by Gasteiger charge is -2.09. The normalized spacial score (nSPS) is 14.4. The van der Waals surface area contributed by atoms with E-state index in [0.717, 1.165) is 38.6 Å². The van der Waals surface area contributed by atoms with Gasteiger partial charge in [-0.25, -0.2) is 15.0 Å². The maximum Gasteiger partial charge on any atom is 0.164 e. The summed E-state index contributed by atoms with van der Waals surface area (Å²) in [6.07, 6.45) is 0. The van der Waals surface area contributed by atoms with Crippen LogP contribution in [0.15, 0.2) is 174 Å². The van der Waals surface area contributed by atoms with Crippen molar-refractivity contribution in [3.63, 3.8) is 0 Å². The molecule has 0 amide bonds. The fourth-order valence-corrected chi connectivity index (χ4v) is 6.64. The molecule has 7 aromatic carbocycles. The van der Waals surface area contributed by atoms with Crippen molar-refractivity contribution in [2.75, 3.05) is 0 Å². The van der Waals surface area contributed by atoms with Gasteiger partial charge in [-0.05, 0) is 59.7 Å². The molecule has 5 nitrogen and oxygen atoms in total. The molecule has 0 aliphatic heterocycles. The molecule has 50 heavy (non-hydrogen) atoms. The van der Waals surface area contributed by atoms with Crippen LogP contribution in [0, 0.1) is 0 Å². The molecule has 3 aromatic heterocycles. The van der Waals surface area contributed by atoms with Gasteiger partial charge in [-0.3, -0.25) is 0 Å². The van der Waals surface area contributed by atoms with Crippen LogP contribution in [0.4, 0.5) is 0 Å². The Kier molecular flexibility index (Phi) is 4.52. The first-order valence-corrected chi connectivity index (χ1v) is 15.9. The Morgan fingerprint density at radius 1 is 0.460 bits per heavy atom. The summed E-state index contributed by atoms with van der Waals surface area (Å²) < 4.78 is 93.1. The van der Waals surface area contributed by atoms with E-state index in [1.165, 1.54) is 0 Å². The quantitative estimate of drug-likeness (QED) is 0.186. The van der Waals surface area contributed by atoms with Crippen molar-refractivity contribution in [3.05, 3.63) is 170 Å². The fraction of sp³-hybridized carbons (Fsp3) is 0. The summed E-state index contributed by atoms with van der Waals surface area (Å²) in [5, 5.41) is 3.49. The van der Waals surface area contributed by atoms with E-state index in [1.54, 1.807) is 18.2 Å². The molecule has 0 aliphatic carbocycles. The molecule has 0 bridgehead atoms. The van der Waals surface area contributed by atoms with Crippen molar-refractivity contribution < 1.29 is 18.1 Å². The van der Waals surface area contributed by atoms with Crippen molar-refractivity contribution in [2.24, 2.45) is 0 Å². The maximum absolute atomic E-state index is 8.72. The Bertz CT molecular complexity index is 3310. The first kappa shape index (κ1) is 19.8. The van der Waals surface area contributed by atoms with Crippen molar-refractivity contribution in [2.45, 2.75) is 0 Å². The van der Waals surface area contributed by atoms with E-state index in [4.69, 9.17) is 18.1 Å². The van der Waals surface area contributed by atoms with E-state index in [-0.39, 0.29) is 28.6 Å². The standard InChI is InChI=1S/C45H28N4O/c1-4-13-29(14-5-1)43-46-44(30-15-6-2-7-16-30)48-45(47-43)35-20-12-22-41-42(35)37-28-32(24-26-40(37)50-41)31-23-25-39-36(27-31)34-19-10-11-21-38(34)49(39)33-17-8-3-9-18-33/h1-28H/i1D,2D,4D,5D,6D,7D,13D,14D,15D,16D. The summed E-state index contributed by atoms with van der Waals surface area (Å²) in [4.78, 5) is 13.8. The van der Waals surface area contributed by atoms with Gasteiger partial charge in [-0.1, -0.05) is 121 Å². The third-order valence-electron chi connectivity index (χ3n) is 8.84. The molecule has 0 radical (unpaired) electrons. The molecule has 5 heteroatoms. The van der Waals surface area contributed by atoms with E-state index in [2.05, 4.69) is 62.0 Å². The number of furan rings is 1. The monoisotopic (exact) mass is 650 g/mol. The number of nitrogens with zero attached hydrogens (tertiary/aromatic N) is 4. The largest absolute Gasteiger partial charge is 0.456 e. The molecule has 0 atom stereocenters. The second kappa shape index (κ2) is 11.4. The van der Waals surface area contributed by atoms with Gasteiger partial charge in [0.1, 0.15) is 11.2 Å². The number of hydrogen-bond donors (Lipinski definition) is 0. The fourth-order valence-electron chi connectivity index (χ4n) is 6.64. The minimum Gasteiger partial charge on any atom is -0.456 e. The number of para-hydroxylation sites is 2. The molecule has 0 saturated heterocycles. The highest BCUT2D eigenvalue weighted by molar-refractivity contribution is 6.14. The zero-order valence-electron chi connectivity index (χ0n) is 36.1. The SMILES string of the molecule is [2H]c1c([2H])c([2H])c(-c2nc(-c3c([2H])c([2H])c([2H])c([2H])c3[2H])nc(-c3cccc4oc5ccc(-c6ccc7c(c6)c6ccccc6n7-c6ccccc6)cc5c34)n2)c([2H])c1[2H]. The molecule has 3 heterocycles. The second-order valence-electron chi connectivity index (χ2n) is 11.7. The molecule has 10 aromatic rings. The lowest BCUT2D eigenvalue weighted by molar-refractivity contribution is 0.669. The topological polar surface area (TPSA) is 56.7 Å². The molecule has 0 saturated carbocycles. The van der Waals surface area contributed by atoms with E-state index in [1.807, 2.05) is 48.5 Å². The van der Waals surface area contributed by atoms with Crippen LogP contribution in [-0.2, 0) is 0 Å². The average molecular weight is 651 g/mol.